The molecule has 2 heterocycles. The van der Waals surface area contributed by atoms with Gasteiger partial charge >= 0.3 is 0 Å². The van der Waals surface area contributed by atoms with Crippen molar-refractivity contribution < 1.29 is 14.8 Å². The highest BCUT2D eigenvalue weighted by molar-refractivity contribution is 8.01. The molecule has 1 aromatic carbocycles. The van der Waals surface area contributed by atoms with E-state index in [1.807, 2.05) is 18.0 Å². The number of nitrogens with zero attached hydrogens (tertiary/aromatic N) is 1. The predicted octanol–water partition coefficient (Wildman–Crippen LogP) is 1.83. The SMILES string of the molecule is CN1CCCC2(CCc3cc(C(=O)NO)ccc3S2)C1=O. The van der Waals surface area contributed by atoms with E-state index >= 15 is 0 Å². The Labute approximate surface area is 127 Å². The summed E-state index contributed by atoms with van der Waals surface area (Å²) in [7, 11) is 1.87. The van der Waals surface area contributed by atoms with Crippen molar-refractivity contribution in [2.45, 2.75) is 35.3 Å². The molecule has 6 heteroatoms. The van der Waals surface area contributed by atoms with Crippen LogP contribution >= 0.6 is 11.8 Å². The lowest BCUT2D eigenvalue weighted by Gasteiger charge is -2.42. The molecule has 0 saturated carbocycles. The van der Waals surface area contributed by atoms with Gasteiger partial charge in [-0.1, -0.05) is 0 Å². The number of carbonyl (C=O) groups excluding carboxylic acids is 2. The Bertz CT molecular complexity index is 605. The quantitative estimate of drug-likeness (QED) is 0.613. The highest BCUT2D eigenvalue weighted by Gasteiger charge is 2.45. The van der Waals surface area contributed by atoms with Crippen LogP contribution in [0, 0.1) is 0 Å². The number of amides is 2. The number of aryl methyl sites for hydroxylation is 1. The van der Waals surface area contributed by atoms with Crippen LogP contribution in [-0.2, 0) is 11.2 Å². The number of likely N-dealkylation sites (tertiary alicyclic amines) is 1. The zero-order valence-electron chi connectivity index (χ0n) is 11.9. The van der Waals surface area contributed by atoms with Gasteiger partial charge < -0.3 is 4.90 Å². The van der Waals surface area contributed by atoms with Gasteiger partial charge in [-0.3, -0.25) is 14.8 Å². The largest absolute Gasteiger partial charge is 0.345 e. The van der Waals surface area contributed by atoms with Gasteiger partial charge in [0.2, 0.25) is 5.91 Å². The fourth-order valence-electron chi connectivity index (χ4n) is 3.16. The third-order valence-electron chi connectivity index (χ3n) is 4.34. The molecule has 0 radical (unpaired) electrons. The topological polar surface area (TPSA) is 69.6 Å². The molecule has 3 rings (SSSR count). The van der Waals surface area contributed by atoms with E-state index in [0.29, 0.717) is 5.56 Å². The monoisotopic (exact) mass is 306 g/mol. The molecule has 1 atom stereocenters. The molecular weight excluding hydrogens is 288 g/mol. The van der Waals surface area contributed by atoms with E-state index in [1.165, 1.54) is 0 Å². The molecule has 1 aromatic rings. The Morgan fingerprint density at radius 2 is 2.24 bits per heavy atom. The van der Waals surface area contributed by atoms with Crippen LogP contribution in [0.4, 0.5) is 0 Å². The number of benzene rings is 1. The highest BCUT2D eigenvalue weighted by atomic mass is 32.2. The van der Waals surface area contributed by atoms with Gasteiger partial charge in [-0.25, -0.2) is 5.48 Å². The van der Waals surface area contributed by atoms with Gasteiger partial charge in [0.15, 0.2) is 0 Å². The second kappa shape index (κ2) is 5.35. The minimum Gasteiger partial charge on any atom is -0.345 e. The van der Waals surface area contributed by atoms with Crippen LogP contribution in [0.2, 0.25) is 0 Å². The van der Waals surface area contributed by atoms with Crippen molar-refractivity contribution in [2.75, 3.05) is 13.6 Å². The number of thioether (sulfide) groups is 1. The standard InChI is InChI=1S/C15H18N2O3S/c1-17-8-2-6-15(14(17)19)7-5-10-9-11(13(18)16-20)3-4-12(10)21-15/h3-4,9,20H,2,5-8H2,1H3,(H,16,18). The van der Waals surface area contributed by atoms with Crippen molar-refractivity contribution in [1.29, 1.82) is 0 Å². The average molecular weight is 306 g/mol. The van der Waals surface area contributed by atoms with E-state index < -0.39 is 5.91 Å². The maximum atomic E-state index is 12.5. The summed E-state index contributed by atoms with van der Waals surface area (Å²) >= 11 is 1.63. The van der Waals surface area contributed by atoms with E-state index in [9.17, 15) is 9.59 Å². The molecule has 0 bridgehead atoms. The van der Waals surface area contributed by atoms with Gasteiger partial charge in [-0.2, -0.15) is 0 Å². The van der Waals surface area contributed by atoms with Gasteiger partial charge in [0.25, 0.3) is 5.91 Å². The average Bonchev–Trinajstić information content (AvgIpc) is 2.51. The first-order chi connectivity index (χ1) is 10.1. The molecule has 5 nitrogen and oxygen atoms in total. The van der Waals surface area contributed by atoms with E-state index in [4.69, 9.17) is 5.21 Å². The lowest BCUT2D eigenvalue weighted by atomic mass is 9.89. The molecule has 0 aromatic heterocycles. The Hall–Kier alpha value is -1.53. The third-order valence-corrected chi connectivity index (χ3v) is 5.93. The Morgan fingerprint density at radius 1 is 1.43 bits per heavy atom. The van der Waals surface area contributed by atoms with Crippen molar-refractivity contribution in [3.8, 4) is 0 Å². The minimum absolute atomic E-state index is 0.224. The van der Waals surface area contributed by atoms with Crippen LogP contribution in [0.3, 0.4) is 0 Å². The number of carbonyl (C=O) groups is 2. The lowest BCUT2D eigenvalue weighted by molar-refractivity contribution is -0.135. The molecule has 1 unspecified atom stereocenters. The Balaban J connectivity index is 1.89. The van der Waals surface area contributed by atoms with Gasteiger partial charge in [0, 0.05) is 24.1 Å². The number of nitrogens with one attached hydrogen (secondary N) is 1. The van der Waals surface area contributed by atoms with Crippen LogP contribution < -0.4 is 5.48 Å². The Kier molecular flexibility index (Phi) is 3.67. The van der Waals surface area contributed by atoms with Gasteiger partial charge in [0.05, 0.1) is 4.75 Å². The van der Waals surface area contributed by atoms with Crippen LogP contribution in [0.15, 0.2) is 23.1 Å². The van der Waals surface area contributed by atoms with Crippen molar-refractivity contribution >= 4 is 23.6 Å². The second-order valence-electron chi connectivity index (χ2n) is 5.69. The summed E-state index contributed by atoms with van der Waals surface area (Å²) in [4.78, 5) is 26.9. The smallest absolute Gasteiger partial charge is 0.274 e. The highest BCUT2D eigenvalue weighted by Crippen LogP contribution is 2.48. The fraction of sp³-hybridized carbons (Fsp3) is 0.467. The van der Waals surface area contributed by atoms with E-state index in [0.717, 1.165) is 42.7 Å². The number of hydrogen-bond donors (Lipinski definition) is 2. The lowest BCUT2D eigenvalue weighted by Crippen LogP contribution is -2.50. The molecule has 2 amide bonds. The summed E-state index contributed by atoms with van der Waals surface area (Å²) in [5.74, 6) is -0.279. The number of hydroxylamine groups is 1. The first-order valence-electron chi connectivity index (χ1n) is 7.08. The number of fused-ring (bicyclic) bond motifs is 1. The van der Waals surface area contributed by atoms with Crippen LogP contribution in [0.25, 0.3) is 0 Å². The summed E-state index contributed by atoms with van der Waals surface area (Å²) in [5, 5.41) is 8.70. The molecule has 2 aliphatic rings. The molecule has 0 aliphatic carbocycles. The zero-order valence-corrected chi connectivity index (χ0v) is 12.7. The van der Waals surface area contributed by atoms with Crippen LogP contribution in [-0.4, -0.2) is 40.3 Å². The summed E-state index contributed by atoms with van der Waals surface area (Å²) < 4.78 is -0.333. The predicted molar refractivity (Wildman–Crippen MR) is 79.5 cm³/mol. The van der Waals surface area contributed by atoms with Gasteiger partial charge in [-0.15, -0.1) is 11.8 Å². The van der Waals surface area contributed by atoms with Crippen molar-refractivity contribution in [3.63, 3.8) is 0 Å². The normalized spacial score (nSPS) is 24.9. The second-order valence-corrected chi connectivity index (χ2v) is 7.12. The molecule has 1 saturated heterocycles. The summed E-state index contributed by atoms with van der Waals surface area (Å²) in [6.45, 7) is 0.837. The van der Waals surface area contributed by atoms with Crippen molar-refractivity contribution in [1.82, 2.24) is 10.4 Å². The molecule has 2 N–H and O–H groups in total. The maximum Gasteiger partial charge on any atom is 0.274 e. The first kappa shape index (κ1) is 14.4. The third kappa shape index (κ3) is 2.42. The molecule has 112 valence electrons. The van der Waals surface area contributed by atoms with E-state index in [2.05, 4.69) is 0 Å². The molecule has 2 aliphatic heterocycles. The zero-order chi connectivity index (χ0) is 15.0. The summed E-state index contributed by atoms with van der Waals surface area (Å²) in [6.07, 6.45) is 3.54. The molecular formula is C15H18N2O3S. The van der Waals surface area contributed by atoms with E-state index in [-0.39, 0.29) is 10.7 Å². The van der Waals surface area contributed by atoms with Crippen molar-refractivity contribution in [3.05, 3.63) is 29.3 Å². The first-order valence-corrected chi connectivity index (χ1v) is 7.89. The fourth-order valence-corrected chi connectivity index (χ4v) is 4.71. The Morgan fingerprint density at radius 3 is 3.00 bits per heavy atom. The number of piperidine rings is 1. The van der Waals surface area contributed by atoms with E-state index in [1.54, 1.807) is 29.4 Å². The van der Waals surface area contributed by atoms with Crippen LogP contribution in [0.1, 0.15) is 35.2 Å². The molecule has 1 spiro atoms. The van der Waals surface area contributed by atoms with Gasteiger partial charge in [0.1, 0.15) is 0 Å². The number of rotatable bonds is 1. The molecule has 1 fully saturated rings. The summed E-state index contributed by atoms with van der Waals surface area (Å²) in [5.41, 5.74) is 3.17. The minimum atomic E-state index is -0.503. The van der Waals surface area contributed by atoms with Gasteiger partial charge in [-0.05, 0) is 49.4 Å². The molecule has 21 heavy (non-hydrogen) atoms. The maximum absolute atomic E-state index is 12.5. The van der Waals surface area contributed by atoms with Crippen LogP contribution in [0.5, 0.6) is 0 Å². The summed E-state index contributed by atoms with van der Waals surface area (Å²) in [6, 6.07) is 5.37. The van der Waals surface area contributed by atoms with Crippen molar-refractivity contribution in [2.24, 2.45) is 0 Å². The number of hydrogen-bond acceptors (Lipinski definition) is 4.